The minimum absolute atomic E-state index is 0.0582. The Morgan fingerprint density at radius 1 is 0.447 bits per heavy atom. The molecule has 0 amide bonds. The van der Waals surface area contributed by atoms with Gasteiger partial charge in [0.2, 0.25) is 0 Å². The molecule has 7 aromatic carbocycles. The topological polar surface area (TPSA) is 34.8 Å². The first kappa shape index (κ1) is 26.1. The number of anilines is 3. The fourth-order valence-corrected chi connectivity index (χ4v) is 7.26. The van der Waals surface area contributed by atoms with Crippen molar-refractivity contribution in [1.29, 1.82) is 0 Å². The molecule has 5 heteroatoms. The quantitative estimate of drug-likeness (QED) is 0.188. The fraction of sp³-hybridized carbons (Fsp3) is 0. The van der Waals surface area contributed by atoms with Crippen LogP contribution in [0.3, 0.4) is 0 Å². The summed E-state index contributed by atoms with van der Waals surface area (Å²) in [6.45, 7) is -0.0582. The molecule has 0 spiro atoms. The third-order valence-corrected chi connectivity index (χ3v) is 9.38. The first-order valence-electron chi connectivity index (χ1n) is 15.9. The Labute approximate surface area is 272 Å². The maximum atomic E-state index is 6.77. The van der Waals surface area contributed by atoms with Crippen LogP contribution < -0.4 is 30.8 Å². The predicted molar refractivity (Wildman–Crippen MR) is 192 cm³/mol. The summed E-state index contributed by atoms with van der Waals surface area (Å²) >= 11 is 0. The molecule has 0 radical (unpaired) electrons. The first-order valence-corrected chi connectivity index (χ1v) is 15.9. The van der Waals surface area contributed by atoms with E-state index in [1.54, 1.807) is 0 Å². The molecule has 0 fully saturated rings. The van der Waals surface area contributed by atoms with Crippen LogP contribution in [0.2, 0.25) is 0 Å². The average Bonchev–Trinajstić information content (AvgIpc) is 3.51. The van der Waals surface area contributed by atoms with Crippen molar-refractivity contribution in [2.75, 3.05) is 4.90 Å². The second-order valence-corrected chi connectivity index (χ2v) is 12.1. The van der Waals surface area contributed by atoms with Crippen LogP contribution in [-0.2, 0) is 0 Å². The van der Waals surface area contributed by atoms with Crippen LogP contribution in [0.1, 0.15) is 0 Å². The molecule has 47 heavy (non-hydrogen) atoms. The molecule has 0 atom stereocenters. The summed E-state index contributed by atoms with van der Waals surface area (Å²) in [5, 5.41) is 2.08. The Bertz CT molecular complexity index is 2440. The lowest BCUT2D eigenvalue weighted by molar-refractivity contribution is 0.461. The third-order valence-electron chi connectivity index (χ3n) is 9.38. The molecule has 0 saturated carbocycles. The number of rotatable bonds is 4. The molecule has 220 valence electrons. The van der Waals surface area contributed by atoms with Crippen molar-refractivity contribution < 1.29 is 13.9 Å². The van der Waals surface area contributed by atoms with Crippen molar-refractivity contribution >= 4 is 62.1 Å². The fourth-order valence-electron chi connectivity index (χ4n) is 7.26. The summed E-state index contributed by atoms with van der Waals surface area (Å²) in [7, 11) is 0. The largest absolute Gasteiger partial charge is 0.458 e. The number of benzene rings is 7. The van der Waals surface area contributed by atoms with Crippen molar-refractivity contribution in [1.82, 2.24) is 0 Å². The molecule has 0 N–H and O–H groups in total. The van der Waals surface area contributed by atoms with E-state index in [1.807, 2.05) is 36.4 Å². The summed E-state index contributed by atoms with van der Waals surface area (Å²) in [4.78, 5) is 2.25. The van der Waals surface area contributed by atoms with Gasteiger partial charge in [0.05, 0.1) is 0 Å². The number of hydrogen-bond acceptors (Lipinski definition) is 4. The SMILES string of the molecule is c1ccc(-c2ccc3c(c2)B2c4ccc5c(oc6cc(N(c7ccccc7)c7ccccc7)ccc65)c4Oc4cccc(c42)O3)cc1. The van der Waals surface area contributed by atoms with Crippen molar-refractivity contribution in [3.63, 3.8) is 0 Å². The summed E-state index contributed by atoms with van der Waals surface area (Å²) in [5.74, 6) is 3.25. The molecule has 0 bridgehead atoms. The molecular weight excluding hydrogens is 577 g/mol. The van der Waals surface area contributed by atoms with Gasteiger partial charge in [-0.2, -0.15) is 0 Å². The van der Waals surface area contributed by atoms with Gasteiger partial charge in [-0.25, -0.2) is 0 Å². The van der Waals surface area contributed by atoms with E-state index in [9.17, 15) is 0 Å². The van der Waals surface area contributed by atoms with E-state index in [4.69, 9.17) is 13.9 Å². The highest BCUT2D eigenvalue weighted by atomic mass is 16.5. The minimum atomic E-state index is -0.0582. The highest BCUT2D eigenvalue weighted by Crippen LogP contribution is 2.43. The number of nitrogens with zero attached hydrogens (tertiary/aromatic N) is 1. The van der Waals surface area contributed by atoms with Crippen LogP contribution in [0.15, 0.2) is 162 Å². The van der Waals surface area contributed by atoms with Gasteiger partial charge in [-0.3, -0.25) is 0 Å². The molecule has 0 unspecified atom stereocenters. The molecule has 4 nitrogen and oxygen atoms in total. The Balaban J connectivity index is 1.15. The average molecular weight is 603 g/mol. The maximum absolute atomic E-state index is 6.77. The number of para-hydroxylation sites is 2. The molecule has 2 aliphatic heterocycles. The lowest BCUT2D eigenvalue weighted by atomic mass is 9.34. The van der Waals surface area contributed by atoms with Crippen LogP contribution in [0, 0.1) is 0 Å². The van der Waals surface area contributed by atoms with Gasteiger partial charge in [0.1, 0.15) is 22.8 Å². The molecule has 1 aromatic heterocycles. The Hall–Kier alpha value is -6.20. The zero-order chi connectivity index (χ0) is 30.9. The number of fused-ring (bicyclic) bond motifs is 8. The monoisotopic (exact) mass is 603 g/mol. The van der Waals surface area contributed by atoms with E-state index in [1.165, 1.54) is 5.56 Å². The maximum Gasteiger partial charge on any atom is 0.260 e. The number of hydrogen-bond donors (Lipinski definition) is 0. The molecule has 3 heterocycles. The third kappa shape index (κ3) is 4.03. The van der Waals surface area contributed by atoms with Gasteiger partial charge < -0.3 is 18.8 Å². The van der Waals surface area contributed by atoms with Gasteiger partial charge in [-0.1, -0.05) is 97.1 Å². The molecule has 8 aromatic rings. The Kier molecular flexibility index (Phi) is 5.63. The van der Waals surface area contributed by atoms with Crippen LogP contribution in [0.4, 0.5) is 17.1 Å². The van der Waals surface area contributed by atoms with Gasteiger partial charge in [-0.05, 0) is 76.6 Å². The standard InChI is InChI=1S/C42H26BNO3/c1-4-11-27(12-5-1)28-19-24-36-35(25-28)43-34-23-22-33-32-21-20-31(44(29-13-6-2-7-14-29)30-15-8-3-9-16-30)26-39(32)47-41(33)42(34)46-38-18-10-17-37(45-36)40(38)43/h1-26H. The van der Waals surface area contributed by atoms with Crippen molar-refractivity contribution in [2.24, 2.45) is 0 Å². The summed E-state index contributed by atoms with van der Waals surface area (Å²) < 4.78 is 20.0. The predicted octanol–water partition coefficient (Wildman–Crippen LogP) is 9.45. The molecule has 2 aliphatic rings. The smallest absolute Gasteiger partial charge is 0.260 e. The number of furan rings is 1. The summed E-state index contributed by atoms with van der Waals surface area (Å²) in [5.41, 5.74) is 10.3. The van der Waals surface area contributed by atoms with E-state index >= 15 is 0 Å². The van der Waals surface area contributed by atoms with Crippen molar-refractivity contribution in [3.8, 4) is 34.1 Å². The molecule has 10 rings (SSSR count). The first-order chi connectivity index (χ1) is 23.3. The van der Waals surface area contributed by atoms with Crippen molar-refractivity contribution in [2.45, 2.75) is 0 Å². The Morgan fingerprint density at radius 2 is 1.13 bits per heavy atom. The lowest BCUT2D eigenvalue weighted by Gasteiger charge is -2.33. The van der Waals surface area contributed by atoms with Crippen LogP contribution in [0.25, 0.3) is 33.1 Å². The van der Waals surface area contributed by atoms with Gasteiger partial charge in [0, 0.05) is 39.4 Å². The van der Waals surface area contributed by atoms with Crippen LogP contribution >= 0.6 is 0 Å². The molecule has 0 aliphatic carbocycles. The van der Waals surface area contributed by atoms with Gasteiger partial charge in [0.15, 0.2) is 11.3 Å². The molecule has 0 saturated heterocycles. The van der Waals surface area contributed by atoms with Gasteiger partial charge >= 0.3 is 0 Å². The van der Waals surface area contributed by atoms with Crippen molar-refractivity contribution in [3.05, 3.63) is 158 Å². The van der Waals surface area contributed by atoms with E-state index in [-0.39, 0.29) is 6.71 Å². The van der Waals surface area contributed by atoms with E-state index in [2.05, 4.69) is 126 Å². The molecular formula is C42H26BNO3. The van der Waals surface area contributed by atoms with Gasteiger partial charge in [0.25, 0.3) is 6.71 Å². The second-order valence-electron chi connectivity index (χ2n) is 12.1. The lowest BCUT2D eigenvalue weighted by Crippen LogP contribution is -2.57. The summed E-state index contributed by atoms with van der Waals surface area (Å²) in [6, 6.07) is 54.7. The Morgan fingerprint density at radius 3 is 1.87 bits per heavy atom. The zero-order valence-corrected chi connectivity index (χ0v) is 25.3. The zero-order valence-electron chi connectivity index (χ0n) is 25.3. The van der Waals surface area contributed by atoms with E-state index in [0.717, 1.165) is 84.0 Å². The highest BCUT2D eigenvalue weighted by molar-refractivity contribution is 6.98. The van der Waals surface area contributed by atoms with Crippen LogP contribution in [-0.4, -0.2) is 6.71 Å². The van der Waals surface area contributed by atoms with Gasteiger partial charge in [-0.15, -0.1) is 0 Å². The highest BCUT2D eigenvalue weighted by Gasteiger charge is 2.41. The van der Waals surface area contributed by atoms with E-state index < -0.39 is 0 Å². The summed E-state index contributed by atoms with van der Waals surface area (Å²) in [6.07, 6.45) is 0. The second kappa shape index (κ2) is 10.2. The van der Waals surface area contributed by atoms with E-state index in [0.29, 0.717) is 0 Å². The minimum Gasteiger partial charge on any atom is -0.458 e. The number of ether oxygens (including phenoxy) is 2. The normalized spacial score (nSPS) is 12.6. The van der Waals surface area contributed by atoms with Crippen LogP contribution in [0.5, 0.6) is 23.0 Å².